The van der Waals surface area contributed by atoms with Gasteiger partial charge in [0.05, 0.1) is 41.7 Å². The number of methoxy groups -OCH3 is 1. The summed E-state index contributed by atoms with van der Waals surface area (Å²) in [7, 11) is -1.80. The van der Waals surface area contributed by atoms with Crippen LogP contribution in [-0.4, -0.2) is 118 Å². The molecule has 4 aliphatic rings. The Balaban J connectivity index is 1.32. The minimum atomic E-state index is -3.57. The third kappa shape index (κ3) is 4.72. The van der Waals surface area contributed by atoms with Crippen molar-refractivity contribution in [2.24, 2.45) is 0 Å². The summed E-state index contributed by atoms with van der Waals surface area (Å²) in [6.45, 7) is 7.75. The zero-order valence-electron chi connectivity index (χ0n) is 21.3. The van der Waals surface area contributed by atoms with Gasteiger partial charge >= 0.3 is 0 Å². The predicted molar refractivity (Wildman–Crippen MR) is 137 cm³/mol. The summed E-state index contributed by atoms with van der Waals surface area (Å²) >= 11 is 0. The lowest BCUT2D eigenvalue weighted by Gasteiger charge is -2.40. The third-order valence-electron chi connectivity index (χ3n) is 8.14. The molecule has 0 bridgehead atoms. The molecular formula is C26H35N5O5S. The molecule has 1 aromatic carbocycles. The van der Waals surface area contributed by atoms with Crippen LogP contribution in [0.15, 0.2) is 29.2 Å². The maximum absolute atomic E-state index is 13.6. The number of nitrogens with zero attached hydrogens (tertiary/aromatic N) is 5. The second-order valence-electron chi connectivity index (χ2n) is 10.5. The molecule has 10 nitrogen and oxygen atoms in total. The third-order valence-corrected chi connectivity index (χ3v) is 9.83. The van der Waals surface area contributed by atoms with Gasteiger partial charge in [0, 0.05) is 64.0 Å². The highest BCUT2D eigenvalue weighted by molar-refractivity contribution is 7.90. The molecule has 5 heterocycles. The first kappa shape index (κ1) is 25.0. The molecule has 11 heteroatoms. The van der Waals surface area contributed by atoms with Crippen LogP contribution in [0.4, 0.5) is 0 Å². The van der Waals surface area contributed by atoms with Gasteiger partial charge in [-0.25, -0.2) is 8.42 Å². The molecule has 2 aromatic rings. The monoisotopic (exact) mass is 529 g/mol. The number of morpholine rings is 1. The molecule has 0 radical (unpaired) electrons. The number of ether oxygens (including phenoxy) is 2. The second kappa shape index (κ2) is 10.1. The van der Waals surface area contributed by atoms with Crippen LogP contribution in [0.5, 0.6) is 0 Å². The summed E-state index contributed by atoms with van der Waals surface area (Å²) in [6, 6.07) is 7.21. The van der Waals surface area contributed by atoms with E-state index in [1.165, 1.54) is 0 Å². The van der Waals surface area contributed by atoms with Crippen molar-refractivity contribution in [2.45, 2.75) is 35.6 Å². The van der Waals surface area contributed by atoms with Crippen molar-refractivity contribution in [3.8, 4) is 11.3 Å². The molecule has 1 amide bonds. The Morgan fingerprint density at radius 1 is 1.08 bits per heavy atom. The summed E-state index contributed by atoms with van der Waals surface area (Å²) in [5, 5.41) is 4.90. The smallest absolute Gasteiger partial charge is 0.274 e. The number of piperidine rings is 1. The van der Waals surface area contributed by atoms with Crippen LogP contribution in [0.25, 0.3) is 11.3 Å². The van der Waals surface area contributed by atoms with Crippen LogP contribution >= 0.6 is 0 Å². The largest absolute Gasteiger partial charge is 0.379 e. The first-order valence-electron chi connectivity index (χ1n) is 13.2. The molecule has 3 fully saturated rings. The predicted octanol–water partition coefficient (Wildman–Crippen LogP) is 1.28. The zero-order valence-corrected chi connectivity index (χ0v) is 22.2. The van der Waals surface area contributed by atoms with E-state index in [9.17, 15) is 13.2 Å². The number of carbonyl (C=O) groups is 1. The van der Waals surface area contributed by atoms with Gasteiger partial charge in [0.2, 0.25) is 0 Å². The van der Waals surface area contributed by atoms with Gasteiger partial charge in [-0.15, -0.1) is 0 Å². The van der Waals surface area contributed by atoms with Gasteiger partial charge in [-0.1, -0.05) is 18.2 Å². The molecule has 0 N–H and O–H groups in total. The number of hydrogen-bond acceptors (Lipinski definition) is 8. The molecule has 4 aliphatic heterocycles. The fourth-order valence-corrected chi connectivity index (χ4v) is 7.61. The second-order valence-corrected chi connectivity index (χ2v) is 12.5. The maximum Gasteiger partial charge on any atom is 0.274 e. The Hall–Kier alpha value is -2.31. The fraction of sp³-hybridized carbons (Fsp3) is 0.615. The van der Waals surface area contributed by atoms with Crippen molar-refractivity contribution in [1.82, 2.24) is 24.5 Å². The molecular weight excluding hydrogens is 494 g/mol. The Morgan fingerprint density at radius 3 is 2.62 bits per heavy atom. The Kier molecular flexibility index (Phi) is 6.83. The van der Waals surface area contributed by atoms with Crippen LogP contribution in [0.1, 0.15) is 34.9 Å². The number of benzene rings is 1. The van der Waals surface area contributed by atoms with E-state index in [4.69, 9.17) is 14.6 Å². The topological polar surface area (TPSA) is 97.2 Å². The van der Waals surface area contributed by atoms with Crippen LogP contribution in [0.2, 0.25) is 0 Å². The van der Waals surface area contributed by atoms with E-state index in [0.717, 1.165) is 57.8 Å². The molecule has 200 valence electrons. The summed E-state index contributed by atoms with van der Waals surface area (Å²) in [6.07, 6.45) is 2.33. The molecule has 1 aromatic heterocycles. The summed E-state index contributed by atoms with van der Waals surface area (Å²) < 4.78 is 39.3. The van der Waals surface area contributed by atoms with Crippen molar-refractivity contribution in [2.75, 3.05) is 72.7 Å². The first-order chi connectivity index (χ1) is 17.9. The summed E-state index contributed by atoms with van der Waals surface area (Å²) in [4.78, 5) is 20.5. The van der Waals surface area contributed by atoms with Crippen LogP contribution in [0.3, 0.4) is 0 Å². The Labute approximate surface area is 218 Å². The average molecular weight is 530 g/mol. The van der Waals surface area contributed by atoms with E-state index in [1.54, 1.807) is 24.1 Å². The molecule has 37 heavy (non-hydrogen) atoms. The Morgan fingerprint density at radius 2 is 1.84 bits per heavy atom. The number of aromatic nitrogens is 2. The average Bonchev–Trinajstić information content (AvgIpc) is 3.27. The van der Waals surface area contributed by atoms with Crippen LogP contribution in [0, 0.1) is 0 Å². The lowest BCUT2D eigenvalue weighted by molar-refractivity contribution is -0.0334. The van der Waals surface area contributed by atoms with Crippen LogP contribution in [-0.2, 0) is 25.1 Å². The fourth-order valence-electron chi connectivity index (χ4n) is 6.02. The van der Waals surface area contributed by atoms with Crippen molar-refractivity contribution < 1.29 is 22.7 Å². The van der Waals surface area contributed by atoms with Crippen molar-refractivity contribution in [3.05, 3.63) is 35.5 Å². The maximum atomic E-state index is 13.6. The van der Waals surface area contributed by atoms with E-state index < -0.39 is 9.84 Å². The number of amides is 1. The van der Waals surface area contributed by atoms with E-state index in [-0.39, 0.29) is 23.4 Å². The van der Waals surface area contributed by atoms with E-state index in [1.807, 2.05) is 16.8 Å². The van der Waals surface area contributed by atoms with E-state index in [0.29, 0.717) is 48.4 Å². The number of sulfone groups is 1. The van der Waals surface area contributed by atoms with Gasteiger partial charge in [0.25, 0.3) is 5.91 Å². The molecule has 0 spiro atoms. The highest BCUT2D eigenvalue weighted by Gasteiger charge is 2.39. The molecule has 6 rings (SSSR count). The lowest BCUT2D eigenvalue weighted by atomic mass is 10.0. The molecule has 1 atom stereocenters. The van der Waals surface area contributed by atoms with Gasteiger partial charge in [-0.05, 0) is 25.5 Å². The van der Waals surface area contributed by atoms with E-state index in [2.05, 4.69) is 9.80 Å². The van der Waals surface area contributed by atoms with Gasteiger partial charge in [-0.3, -0.25) is 19.3 Å². The van der Waals surface area contributed by atoms with Gasteiger partial charge in [0.1, 0.15) is 0 Å². The lowest BCUT2D eigenvalue weighted by Crippen LogP contribution is -2.54. The normalized spacial score (nSPS) is 24.4. The molecule has 0 unspecified atom stereocenters. The van der Waals surface area contributed by atoms with Crippen molar-refractivity contribution >= 4 is 15.7 Å². The molecule has 0 aliphatic carbocycles. The summed E-state index contributed by atoms with van der Waals surface area (Å²) in [5.41, 5.74) is 2.26. The van der Waals surface area contributed by atoms with E-state index >= 15 is 0 Å². The highest BCUT2D eigenvalue weighted by Crippen LogP contribution is 2.41. The Bertz CT molecular complexity index is 1270. The number of carbonyl (C=O) groups excluding carboxylic acids is 1. The van der Waals surface area contributed by atoms with Crippen LogP contribution < -0.4 is 0 Å². The zero-order chi connectivity index (χ0) is 25.6. The minimum absolute atomic E-state index is 0.0747. The minimum Gasteiger partial charge on any atom is -0.379 e. The van der Waals surface area contributed by atoms with Gasteiger partial charge in [-0.2, -0.15) is 5.10 Å². The number of hydrogen-bond donors (Lipinski definition) is 0. The van der Waals surface area contributed by atoms with Crippen molar-refractivity contribution in [3.63, 3.8) is 0 Å². The highest BCUT2D eigenvalue weighted by atomic mass is 32.2. The molecule has 3 saturated heterocycles. The number of likely N-dealkylation sites (tertiary alicyclic amines) is 2. The van der Waals surface area contributed by atoms with Crippen molar-refractivity contribution in [1.29, 1.82) is 0 Å². The number of fused-ring (bicyclic) bond motifs is 3. The quantitative estimate of drug-likeness (QED) is 0.552. The SMILES string of the molecule is COC1CN(CCN2CCC[C@H](n3nc(C(=O)N4CCOCC4)c4c3-c3ccccc3S(=O)(=O)C4)C2)C1. The summed E-state index contributed by atoms with van der Waals surface area (Å²) in [5.74, 6) is -0.400. The van der Waals surface area contributed by atoms with Gasteiger partial charge < -0.3 is 14.4 Å². The first-order valence-corrected chi connectivity index (χ1v) is 14.9. The standard InChI is InChI=1S/C26H35N5O5S/c1-35-20-16-29(17-20)10-9-28-8-4-5-19(15-28)31-25-21-6-2-3-7-23(21)37(33,34)18-22(25)24(27-31)26(32)30-11-13-36-14-12-30/h2-3,6-7,19-20H,4-5,8-18H2,1H3/t19-/m0/s1. The number of rotatable bonds is 6. The molecule has 0 saturated carbocycles. The van der Waals surface area contributed by atoms with Gasteiger partial charge in [0.15, 0.2) is 15.5 Å².